The Kier molecular flexibility index (Phi) is 3.61. The smallest absolute Gasteiger partial charge is 0.312 e. The molecule has 1 unspecified atom stereocenters. The molecular weight excluding hydrogens is 230 g/mol. The zero-order chi connectivity index (χ0) is 13.3. The lowest BCUT2D eigenvalue weighted by Gasteiger charge is -2.43. The predicted octanol–water partition coefficient (Wildman–Crippen LogP) is 0.0652. The second-order valence-electron chi connectivity index (χ2n) is 6.42. The third-order valence-corrected chi connectivity index (χ3v) is 3.64. The van der Waals surface area contributed by atoms with E-state index in [0.29, 0.717) is 19.6 Å². The van der Waals surface area contributed by atoms with Gasteiger partial charge in [0.15, 0.2) is 0 Å². The van der Waals surface area contributed by atoms with Crippen LogP contribution in [0.2, 0.25) is 0 Å². The van der Waals surface area contributed by atoms with Crippen LogP contribution in [0.25, 0.3) is 0 Å². The average molecular weight is 253 g/mol. The lowest BCUT2D eigenvalue weighted by molar-refractivity contribution is -0.160. The molecule has 2 saturated heterocycles. The molecule has 5 heteroatoms. The molecule has 1 atom stereocenters. The molecule has 2 aliphatic heterocycles. The molecule has 5 nitrogen and oxygen atoms in total. The molecule has 0 bridgehead atoms. The van der Waals surface area contributed by atoms with Crippen molar-refractivity contribution < 1.29 is 9.59 Å². The molecule has 102 valence electrons. The summed E-state index contributed by atoms with van der Waals surface area (Å²) in [5.41, 5.74) is 0.186. The topological polar surface area (TPSA) is 52.6 Å². The number of amides is 2. The van der Waals surface area contributed by atoms with Gasteiger partial charge < -0.3 is 15.1 Å². The van der Waals surface area contributed by atoms with E-state index >= 15 is 0 Å². The molecule has 0 aromatic carbocycles. The van der Waals surface area contributed by atoms with Crippen LogP contribution < -0.4 is 5.32 Å². The van der Waals surface area contributed by atoms with Crippen LogP contribution in [0.15, 0.2) is 0 Å². The van der Waals surface area contributed by atoms with Crippen molar-refractivity contribution in [2.24, 2.45) is 5.41 Å². The highest BCUT2D eigenvalue weighted by molar-refractivity contribution is 6.35. The Labute approximate surface area is 108 Å². The van der Waals surface area contributed by atoms with E-state index in [4.69, 9.17) is 0 Å². The van der Waals surface area contributed by atoms with Gasteiger partial charge in [-0.25, -0.2) is 0 Å². The quantitative estimate of drug-likeness (QED) is 0.708. The van der Waals surface area contributed by atoms with Crippen molar-refractivity contribution >= 4 is 11.8 Å². The fourth-order valence-corrected chi connectivity index (χ4v) is 2.45. The minimum absolute atomic E-state index is 0.156. The summed E-state index contributed by atoms with van der Waals surface area (Å²) in [6, 6.07) is 0.156. The van der Waals surface area contributed by atoms with E-state index in [1.807, 2.05) is 0 Å². The largest absolute Gasteiger partial charge is 0.332 e. The van der Waals surface area contributed by atoms with Gasteiger partial charge in [-0.05, 0) is 11.8 Å². The summed E-state index contributed by atoms with van der Waals surface area (Å²) in [6.45, 7) is 10.0. The first-order valence-electron chi connectivity index (χ1n) is 6.69. The number of rotatable bonds is 2. The number of hydrogen-bond donors (Lipinski definition) is 1. The molecule has 0 aliphatic carbocycles. The SMILES string of the molecule is CC(C)(C)CCN1CC2CNCCN2C(=O)C1=O. The van der Waals surface area contributed by atoms with Crippen molar-refractivity contribution in [3.63, 3.8) is 0 Å². The molecule has 1 N–H and O–H groups in total. The first-order valence-corrected chi connectivity index (χ1v) is 6.69. The Hall–Kier alpha value is -1.10. The first kappa shape index (κ1) is 13.3. The third-order valence-electron chi connectivity index (χ3n) is 3.64. The zero-order valence-corrected chi connectivity index (χ0v) is 11.5. The molecule has 0 saturated carbocycles. The zero-order valence-electron chi connectivity index (χ0n) is 11.5. The molecule has 2 amide bonds. The van der Waals surface area contributed by atoms with Gasteiger partial charge in [-0.3, -0.25) is 9.59 Å². The van der Waals surface area contributed by atoms with Crippen molar-refractivity contribution in [2.45, 2.75) is 33.2 Å². The van der Waals surface area contributed by atoms with Crippen LogP contribution in [0.3, 0.4) is 0 Å². The number of fused-ring (bicyclic) bond motifs is 1. The lowest BCUT2D eigenvalue weighted by Crippen LogP contribution is -2.65. The van der Waals surface area contributed by atoms with Gasteiger partial charge in [-0.15, -0.1) is 0 Å². The summed E-state index contributed by atoms with van der Waals surface area (Å²) in [5, 5.41) is 3.28. The van der Waals surface area contributed by atoms with Crippen molar-refractivity contribution in [1.82, 2.24) is 15.1 Å². The first-order chi connectivity index (χ1) is 8.38. The molecule has 0 aromatic rings. The van der Waals surface area contributed by atoms with Gasteiger partial charge >= 0.3 is 11.8 Å². The second kappa shape index (κ2) is 4.88. The van der Waals surface area contributed by atoms with Crippen LogP contribution in [-0.2, 0) is 9.59 Å². The van der Waals surface area contributed by atoms with Crippen LogP contribution in [0.4, 0.5) is 0 Å². The van der Waals surface area contributed by atoms with Gasteiger partial charge in [-0.2, -0.15) is 0 Å². The number of carbonyl (C=O) groups excluding carboxylic acids is 2. The Morgan fingerprint density at radius 3 is 2.67 bits per heavy atom. The normalized spacial score (nSPS) is 25.4. The van der Waals surface area contributed by atoms with E-state index < -0.39 is 0 Å². The van der Waals surface area contributed by atoms with E-state index in [2.05, 4.69) is 26.1 Å². The maximum absolute atomic E-state index is 12.0. The van der Waals surface area contributed by atoms with Gasteiger partial charge in [-0.1, -0.05) is 20.8 Å². The summed E-state index contributed by atoms with van der Waals surface area (Å²) in [7, 11) is 0. The van der Waals surface area contributed by atoms with E-state index in [0.717, 1.165) is 19.5 Å². The lowest BCUT2D eigenvalue weighted by atomic mass is 9.92. The van der Waals surface area contributed by atoms with Gasteiger partial charge in [0.2, 0.25) is 0 Å². The minimum atomic E-state index is -0.322. The minimum Gasteiger partial charge on any atom is -0.332 e. The molecule has 0 radical (unpaired) electrons. The third kappa shape index (κ3) is 2.83. The van der Waals surface area contributed by atoms with E-state index in [1.165, 1.54) is 0 Å². The Bertz CT molecular complexity index is 349. The second-order valence-corrected chi connectivity index (χ2v) is 6.42. The molecule has 18 heavy (non-hydrogen) atoms. The van der Waals surface area contributed by atoms with Gasteiger partial charge in [0.05, 0.1) is 6.04 Å². The molecule has 0 aromatic heterocycles. The Balaban J connectivity index is 2.00. The number of carbonyl (C=O) groups is 2. The van der Waals surface area contributed by atoms with Crippen molar-refractivity contribution in [3.05, 3.63) is 0 Å². The van der Waals surface area contributed by atoms with Gasteiger partial charge in [0.25, 0.3) is 0 Å². The summed E-state index contributed by atoms with van der Waals surface area (Å²) < 4.78 is 0. The Morgan fingerprint density at radius 1 is 1.28 bits per heavy atom. The summed E-state index contributed by atoms with van der Waals surface area (Å²) >= 11 is 0. The summed E-state index contributed by atoms with van der Waals surface area (Å²) in [6.07, 6.45) is 0.923. The maximum atomic E-state index is 12.0. The summed E-state index contributed by atoms with van der Waals surface area (Å²) in [4.78, 5) is 27.5. The van der Waals surface area contributed by atoms with Crippen LogP contribution in [0, 0.1) is 5.41 Å². The number of piperazine rings is 2. The monoisotopic (exact) mass is 253 g/mol. The summed E-state index contributed by atoms with van der Waals surface area (Å²) in [5.74, 6) is -0.640. The van der Waals surface area contributed by atoms with Crippen molar-refractivity contribution in [1.29, 1.82) is 0 Å². The Morgan fingerprint density at radius 2 is 2.00 bits per heavy atom. The fourth-order valence-electron chi connectivity index (χ4n) is 2.45. The van der Waals surface area contributed by atoms with E-state index in [1.54, 1.807) is 9.80 Å². The van der Waals surface area contributed by atoms with Crippen molar-refractivity contribution in [2.75, 3.05) is 32.7 Å². The number of hydrogen-bond acceptors (Lipinski definition) is 3. The van der Waals surface area contributed by atoms with E-state index in [-0.39, 0.29) is 23.3 Å². The average Bonchev–Trinajstić information content (AvgIpc) is 2.31. The molecule has 0 spiro atoms. The van der Waals surface area contributed by atoms with Crippen LogP contribution in [0.5, 0.6) is 0 Å². The highest BCUT2D eigenvalue weighted by Crippen LogP contribution is 2.21. The highest BCUT2D eigenvalue weighted by Gasteiger charge is 2.39. The van der Waals surface area contributed by atoms with Crippen LogP contribution in [-0.4, -0.2) is 60.4 Å². The van der Waals surface area contributed by atoms with Crippen LogP contribution in [0.1, 0.15) is 27.2 Å². The van der Waals surface area contributed by atoms with Crippen LogP contribution >= 0.6 is 0 Å². The maximum Gasteiger partial charge on any atom is 0.312 e. The van der Waals surface area contributed by atoms with Gasteiger partial charge in [0, 0.05) is 32.7 Å². The highest BCUT2D eigenvalue weighted by atomic mass is 16.2. The van der Waals surface area contributed by atoms with Crippen molar-refractivity contribution in [3.8, 4) is 0 Å². The standard InChI is InChI=1S/C13H23N3O2/c1-13(2,3)4-6-15-9-10-8-14-5-7-16(10)12(18)11(15)17/h10,14H,4-9H2,1-3H3. The molecule has 2 fully saturated rings. The van der Waals surface area contributed by atoms with Gasteiger partial charge in [0.1, 0.15) is 0 Å². The predicted molar refractivity (Wildman–Crippen MR) is 69.0 cm³/mol. The number of nitrogens with zero attached hydrogens (tertiary/aromatic N) is 2. The molecular formula is C13H23N3O2. The molecule has 2 rings (SSSR count). The number of nitrogens with one attached hydrogen (secondary N) is 1. The molecule has 2 aliphatic rings. The van der Waals surface area contributed by atoms with E-state index in [9.17, 15) is 9.59 Å². The fraction of sp³-hybridized carbons (Fsp3) is 0.846. The molecule has 2 heterocycles.